The molecule has 2 rings (SSSR count). The van der Waals surface area contributed by atoms with Gasteiger partial charge in [-0.1, -0.05) is 15.9 Å². The number of ether oxygens (including phenoxy) is 2. The number of halogens is 1. The predicted molar refractivity (Wildman–Crippen MR) is 83.6 cm³/mol. The van der Waals surface area contributed by atoms with Gasteiger partial charge in [-0.2, -0.15) is 0 Å². The van der Waals surface area contributed by atoms with Crippen molar-refractivity contribution >= 4 is 27.6 Å². The lowest BCUT2D eigenvalue weighted by Gasteiger charge is -2.12. The normalized spacial score (nSPS) is 10.2. The van der Waals surface area contributed by atoms with Crippen LogP contribution in [0.25, 0.3) is 0 Å². The molecule has 0 radical (unpaired) electrons. The summed E-state index contributed by atoms with van der Waals surface area (Å²) in [4.78, 5) is 16.0. The number of esters is 1. The Balaban J connectivity index is 2.37. The maximum atomic E-state index is 11.9. The van der Waals surface area contributed by atoms with E-state index in [0.29, 0.717) is 11.4 Å². The first kappa shape index (κ1) is 15.3. The molecule has 1 aromatic carbocycles. The zero-order valence-corrected chi connectivity index (χ0v) is 13.3. The average molecular weight is 351 g/mol. The van der Waals surface area contributed by atoms with E-state index in [-0.39, 0.29) is 18.1 Å². The fourth-order valence-corrected chi connectivity index (χ4v) is 2.21. The molecule has 0 aliphatic heterocycles. The Morgan fingerprint density at radius 2 is 2.14 bits per heavy atom. The molecule has 21 heavy (non-hydrogen) atoms. The third-order valence-electron chi connectivity index (χ3n) is 2.71. The minimum absolute atomic E-state index is 0.174. The molecule has 0 amide bonds. The second-order valence-electron chi connectivity index (χ2n) is 4.35. The number of hydrogen-bond acceptors (Lipinski definition) is 5. The number of rotatable bonds is 4. The summed E-state index contributed by atoms with van der Waals surface area (Å²) >= 11 is 3.39. The average Bonchev–Trinajstić information content (AvgIpc) is 2.43. The van der Waals surface area contributed by atoms with E-state index in [0.717, 1.165) is 10.0 Å². The van der Waals surface area contributed by atoms with E-state index in [1.807, 2.05) is 19.1 Å². The molecule has 0 unspecified atom stereocenters. The Morgan fingerprint density at radius 3 is 2.81 bits per heavy atom. The molecule has 0 bridgehead atoms. The first-order chi connectivity index (χ1) is 10.0. The van der Waals surface area contributed by atoms with E-state index < -0.39 is 5.97 Å². The van der Waals surface area contributed by atoms with E-state index in [2.05, 4.69) is 20.9 Å². The van der Waals surface area contributed by atoms with Gasteiger partial charge in [0.25, 0.3) is 0 Å². The lowest BCUT2D eigenvalue weighted by molar-refractivity contribution is 0.0522. The van der Waals surface area contributed by atoms with Gasteiger partial charge in [-0.15, -0.1) is 0 Å². The number of benzene rings is 1. The molecule has 2 N–H and O–H groups in total. The number of carbonyl (C=O) groups excluding carboxylic acids is 1. The van der Waals surface area contributed by atoms with Crippen molar-refractivity contribution < 1.29 is 14.3 Å². The van der Waals surface area contributed by atoms with Gasteiger partial charge in [0.1, 0.15) is 11.3 Å². The fourth-order valence-electron chi connectivity index (χ4n) is 1.74. The number of nitrogens with two attached hydrogens (primary N) is 1. The summed E-state index contributed by atoms with van der Waals surface area (Å²) in [5, 5.41) is 0. The zero-order valence-electron chi connectivity index (χ0n) is 11.7. The Labute approximate surface area is 131 Å². The molecule has 6 heteroatoms. The van der Waals surface area contributed by atoms with Gasteiger partial charge in [0.15, 0.2) is 0 Å². The summed E-state index contributed by atoms with van der Waals surface area (Å²) < 4.78 is 11.7. The van der Waals surface area contributed by atoms with Crippen LogP contribution in [0.2, 0.25) is 0 Å². The molecule has 0 fully saturated rings. The van der Waals surface area contributed by atoms with Crippen LogP contribution < -0.4 is 10.5 Å². The van der Waals surface area contributed by atoms with Crippen LogP contribution in [0.15, 0.2) is 34.9 Å². The van der Waals surface area contributed by atoms with Crippen molar-refractivity contribution in [2.75, 3.05) is 12.3 Å². The number of pyridine rings is 1. The van der Waals surface area contributed by atoms with Crippen LogP contribution in [0.4, 0.5) is 5.69 Å². The third kappa shape index (κ3) is 3.72. The largest absolute Gasteiger partial charge is 0.462 e. The lowest BCUT2D eigenvalue weighted by atomic mass is 10.2. The Hall–Kier alpha value is -2.08. The van der Waals surface area contributed by atoms with Crippen molar-refractivity contribution in [2.24, 2.45) is 0 Å². The third-order valence-corrected chi connectivity index (χ3v) is 3.20. The van der Waals surface area contributed by atoms with Gasteiger partial charge in [0.05, 0.1) is 18.5 Å². The maximum Gasteiger partial charge on any atom is 0.343 e. The molecule has 110 valence electrons. The SMILES string of the molecule is CCOC(=O)c1cc(N)cnc1Oc1ccc(Br)cc1C. The van der Waals surface area contributed by atoms with Crippen molar-refractivity contribution in [1.29, 1.82) is 0 Å². The van der Waals surface area contributed by atoms with Gasteiger partial charge in [0.2, 0.25) is 5.88 Å². The quantitative estimate of drug-likeness (QED) is 0.850. The topological polar surface area (TPSA) is 74.4 Å². The molecular formula is C15H15BrN2O3. The minimum Gasteiger partial charge on any atom is -0.462 e. The van der Waals surface area contributed by atoms with Gasteiger partial charge in [-0.25, -0.2) is 9.78 Å². The molecule has 0 atom stereocenters. The molecule has 1 heterocycles. The molecule has 0 saturated carbocycles. The van der Waals surface area contributed by atoms with Gasteiger partial charge in [-0.3, -0.25) is 0 Å². The summed E-state index contributed by atoms with van der Waals surface area (Å²) in [6.45, 7) is 3.91. The monoisotopic (exact) mass is 350 g/mol. The highest BCUT2D eigenvalue weighted by atomic mass is 79.9. The zero-order chi connectivity index (χ0) is 15.4. The fraction of sp³-hybridized carbons (Fsp3) is 0.200. The number of aromatic nitrogens is 1. The van der Waals surface area contributed by atoms with Crippen molar-refractivity contribution in [3.05, 3.63) is 46.1 Å². The van der Waals surface area contributed by atoms with Crippen molar-refractivity contribution in [3.8, 4) is 11.6 Å². The van der Waals surface area contributed by atoms with Crippen LogP contribution >= 0.6 is 15.9 Å². The standard InChI is InChI=1S/C15H15BrN2O3/c1-3-20-15(19)12-7-11(17)8-18-14(12)21-13-5-4-10(16)6-9(13)2/h4-8H,3,17H2,1-2H3. The number of nitrogen functional groups attached to an aromatic ring is 1. The Morgan fingerprint density at radius 1 is 1.38 bits per heavy atom. The van der Waals surface area contributed by atoms with Crippen LogP contribution in [0.5, 0.6) is 11.6 Å². The van der Waals surface area contributed by atoms with Gasteiger partial charge >= 0.3 is 5.97 Å². The Kier molecular flexibility index (Phi) is 4.80. The van der Waals surface area contributed by atoms with Crippen molar-refractivity contribution in [1.82, 2.24) is 4.98 Å². The summed E-state index contributed by atoms with van der Waals surface area (Å²) in [6.07, 6.45) is 1.44. The molecule has 5 nitrogen and oxygen atoms in total. The minimum atomic E-state index is -0.512. The van der Waals surface area contributed by atoms with E-state index in [9.17, 15) is 4.79 Å². The van der Waals surface area contributed by atoms with E-state index in [4.69, 9.17) is 15.2 Å². The molecule has 0 aliphatic rings. The van der Waals surface area contributed by atoms with Gasteiger partial charge in [-0.05, 0) is 43.7 Å². The number of aryl methyl sites for hydroxylation is 1. The molecule has 0 saturated heterocycles. The summed E-state index contributed by atoms with van der Waals surface area (Å²) in [6, 6.07) is 7.06. The second kappa shape index (κ2) is 6.58. The summed E-state index contributed by atoms with van der Waals surface area (Å²) in [5.74, 6) is 0.274. The highest BCUT2D eigenvalue weighted by molar-refractivity contribution is 9.10. The van der Waals surface area contributed by atoms with Crippen molar-refractivity contribution in [3.63, 3.8) is 0 Å². The Bertz CT molecular complexity index is 674. The van der Waals surface area contributed by atoms with Crippen molar-refractivity contribution in [2.45, 2.75) is 13.8 Å². The highest BCUT2D eigenvalue weighted by Crippen LogP contribution is 2.29. The van der Waals surface area contributed by atoms with Crippen LogP contribution in [0.1, 0.15) is 22.8 Å². The first-order valence-corrected chi connectivity index (χ1v) is 7.17. The molecule has 0 aliphatic carbocycles. The van der Waals surface area contributed by atoms with Crippen LogP contribution in [0.3, 0.4) is 0 Å². The maximum absolute atomic E-state index is 11.9. The number of nitrogens with zero attached hydrogens (tertiary/aromatic N) is 1. The number of carbonyl (C=O) groups is 1. The molecule has 0 spiro atoms. The lowest BCUT2D eigenvalue weighted by Crippen LogP contribution is -2.08. The summed E-state index contributed by atoms with van der Waals surface area (Å²) in [7, 11) is 0. The number of anilines is 1. The second-order valence-corrected chi connectivity index (χ2v) is 5.27. The summed E-state index contributed by atoms with van der Waals surface area (Å²) in [5.41, 5.74) is 7.17. The van der Waals surface area contributed by atoms with Crippen LogP contribution in [-0.2, 0) is 4.74 Å². The van der Waals surface area contributed by atoms with E-state index in [1.54, 1.807) is 13.0 Å². The van der Waals surface area contributed by atoms with Gasteiger partial charge < -0.3 is 15.2 Å². The molecular weight excluding hydrogens is 336 g/mol. The van der Waals surface area contributed by atoms with E-state index in [1.165, 1.54) is 12.3 Å². The predicted octanol–water partition coefficient (Wildman–Crippen LogP) is 3.70. The first-order valence-electron chi connectivity index (χ1n) is 6.38. The molecule has 1 aromatic heterocycles. The number of hydrogen-bond donors (Lipinski definition) is 1. The van der Waals surface area contributed by atoms with Crippen LogP contribution in [0, 0.1) is 6.92 Å². The molecule has 2 aromatic rings. The van der Waals surface area contributed by atoms with Gasteiger partial charge in [0, 0.05) is 4.47 Å². The smallest absolute Gasteiger partial charge is 0.343 e. The van der Waals surface area contributed by atoms with Crippen LogP contribution in [-0.4, -0.2) is 17.6 Å². The highest BCUT2D eigenvalue weighted by Gasteiger charge is 2.17. The van der Waals surface area contributed by atoms with E-state index >= 15 is 0 Å².